The van der Waals surface area contributed by atoms with Crippen molar-refractivity contribution >= 4 is 44.3 Å². The molecule has 216 valence electrons. The fourth-order valence-corrected chi connectivity index (χ4v) is 5.66. The summed E-state index contributed by atoms with van der Waals surface area (Å²) in [5.41, 5.74) is 1.70. The first-order chi connectivity index (χ1) is 20.6. The highest BCUT2D eigenvalue weighted by molar-refractivity contribution is 6.12. The van der Waals surface area contributed by atoms with Crippen molar-refractivity contribution < 1.29 is 19.1 Å². The molecule has 0 saturated heterocycles. The number of hydrogen-bond donors (Lipinski definition) is 0. The van der Waals surface area contributed by atoms with Crippen LogP contribution in [0, 0.1) is 0 Å². The molecular weight excluding hydrogens is 520 g/mol. The van der Waals surface area contributed by atoms with Gasteiger partial charge in [0.15, 0.2) is 11.5 Å². The number of rotatable bonds is 13. The lowest BCUT2D eigenvalue weighted by atomic mass is 9.91. The first kappa shape index (κ1) is 29.3. The second kappa shape index (κ2) is 14.1. The van der Waals surface area contributed by atoms with Crippen LogP contribution in [0.15, 0.2) is 84.9 Å². The standard InChI is InChI=1S/C38H40O4/c1-3-5-7-9-22-35(39)41-34-26-30-18-13-14-20-31(30)37(38(34)42-36(40)23-10-8-6-4-2)32-21-15-19-29-24-27-16-11-12-17-28(27)25-33(29)32/h11-21,24-26H,3-10,22-23H2,1-2H3. The van der Waals surface area contributed by atoms with E-state index in [1.807, 2.05) is 48.5 Å². The van der Waals surface area contributed by atoms with Gasteiger partial charge in [0.2, 0.25) is 0 Å². The fraction of sp³-hybridized carbons (Fsp3) is 0.316. The molecule has 5 aromatic carbocycles. The Morgan fingerprint density at radius 3 is 1.81 bits per heavy atom. The second-order valence-electron chi connectivity index (χ2n) is 11.1. The molecule has 0 radical (unpaired) electrons. The summed E-state index contributed by atoms with van der Waals surface area (Å²) in [5.74, 6) is -0.00860. The van der Waals surface area contributed by atoms with Crippen LogP contribution in [0.2, 0.25) is 0 Å². The maximum absolute atomic E-state index is 13.3. The minimum atomic E-state index is -0.312. The summed E-state index contributed by atoms with van der Waals surface area (Å²) in [4.78, 5) is 26.3. The molecule has 0 aromatic heterocycles. The van der Waals surface area contributed by atoms with Crippen LogP contribution in [0.25, 0.3) is 43.4 Å². The highest BCUT2D eigenvalue weighted by Crippen LogP contribution is 2.47. The number of benzene rings is 5. The zero-order valence-electron chi connectivity index (χ0n) is 24.8. The summed E-state index contributed by atoms with van der Waals surface area (Å²) in [6.45, 7) is 4.30. The van der Waals surface area contributed by atoms with Gasteiger partial charge in [-0.1, -0.05) is 119 Å². The maximum atomic E-state index is 13.3. The first-order valence-corrected chi connectivity index (χ1v) is 15.5. The van der Waals surface area contributed by atoms with Crippen LogP contribution >= 0.6 is 0 Å². The zero-order chi connectivity index (χ0) is 29.3. The molecule has 0 N–H and O–H groups in total. The molecule has 42 heavy (non-hydrogen) atoms. The molecule has 0 saturated carbocycles. The fourth-order valence-electron chi connectivity index (χ4n) is 5.66. The number of fused-ring (bicyclic) bond motifs is 3. The van der Waals surface area contributed by atoms with Crippen LogP contribution in [0.1, 0.15) is 78.1 Å². The van der Waals surface area contributed by atoms with Gasteiger partial charge >= 0.3 is 11.9 Å². The van der Waals surface area contributed by atoms with Crippen LogP contribution in [-0.4, -0.2) is 11.9 Å². The van der Waals surface area contributed by atoms with Gasteiger partial charge in [-0.25, -0.2) is 0 Å². The van der Waals surface area contributed by atoms with Gasteiger partial charge in [-0.05, 0) is 68.9 Å². The van der Waals surface area contributed by atoms with Gasteiger partial charge < -0.3 is 9.47 Å². The lowest BCUT2D eigenvalue weighted by molar-refractivity contribution is -0.137. The van der Waals surface area contributed by atoms with Crippen LogP contribution in [0.4, 0.5) is 0 Å². The van der Waals surface area contributed by atoms with E-state index in [4.69, 9.17) is 9.47 Å². The molecule has 0 fully saturated rings. The predicted molar refractivity (Wildman–Crippen MR) is 173 cm³/mol. The Bertz CT molecular complexity index is 1700. The number of esters is 2. The number of carbonyl (C=O) groups excluding carboxylic acids is 2. The van der Waals surface area contributed by atoms with Gasteiger partial charge in [0.1, 0.15) is 0 Å². The van der Waals surface area contributed by atoms with Crippen molar-refractivity contribution in [2.45, 2.75) is 78.1 Å². The minimum absolute atomic E-state index is 0.295. The molecule has 0 bridgehead atoms. The molecule has 5 rings (SSSR count). The van der Waals surface area contributed by atoms with Crippen molar-refractivity contribution in [1.82, 2.24) is 0 Å². The largest absolute Gasteiger partial charge is 0.422 e. The Labute approximate surface area is 248 Å². The molecule has 4 heteroatoms. The molecule has 4 nitrogen and oxygen atoms in total. The van der Waals surface area contributed by atoms with Crippen molar-refractivity contribution in [2.24, 2.45) is 0 Å². The topological polar surface area (TPSA) is 52.6 Å². The normalized spacial score (nSPS) is 11.3. The third-order valence-electron chi connectivity index (χ3n) is 7.89. The van der Waals surface area contributed by atoms with Crippen molar-refractivity contribution in [3.8, 4) is 22.6 Å². The Morgan fingerprint density at radius 2 is 1.12 bits per heavy atom. The number of unbranched alkanes of at least 4 members (excludes halogenated alkanes) is 6. The Morgan fingerprint density at radius 1 is 0.548 bits per heavy atom. The van der Waals surface area contributed by atoms with E-state index in [0.717, 1.165) is 94.8 Å². The van der Waals surface area contributed by atoms with Gasteiger partial charge in [-0.15, -0.1) is 0 Å². The highest BCUT2D eigenvalue weighted by atomic mass is 16.6. The lowest BCUT2D eigenvalue weighted by Gasteiger charge is -2.19. The quantitative estimate of drug-likeness (QED) is 0.0622. The van der Waals surface area contributed by atoms with E-state index in [9.17, 15) is 9.59 Å². The first-order valence-electron chi connectivity index (χ1n) is 15.5. The summed E-state index contributed by atoms with van der Waals surface area (Å²) in [6.07, 6.45) is 8.51. The third kappa shape index (κ3) is 6.82. The van der Waals surface area contributed by atoms with E-state index in [1.165, 1.54) is 0 Å². The van der Waals surface area contributed by atoms with Crippen LogP contribution < -0.4 is 9.47 Å². The van der Waals surface area contributed by atoms with Crippen molar-refractivity contribution in [2.75, 3.05) is 0 Å². The Kier molecular flexibility index (Phi) is 9.86. The molecule has 5 aromatic rings. The SMILES string of the molecule is CCCCCCC(=O)Oc1cc2ccccc2c(-c2cccc3cc4ccccc4cc23)c1OC(=O)CCCCCC. The van der Waals surface area contributed by atoms with Gasteiger partial charge in [0.25, 0.3) is 0 Å². The van der Waals surface area contributed by atoms with E-state index < -0.39 is 0 Å². The summed E-state index contributed by atoms with van der Waals surface area (Å²) in [6, 6.07) is 28.7. The smallest absolute Gasteiger partial charge is 0.311 e. The molecule has 0 amide bonds. The summed E-state index contributed by atoms with van der Waals surface area (Å²) >= 11 is 0. The summed E-state index contributed by atoms with van der Waals surface area (Å²) in [7, 11) is 0. The Hall–Kier alpha value is -4.18. The maximum Gasteiger partial charge on any atom is 0.311 e. The van der Waals surface area contributed by atoms with Crippen molar-refractivity contribution in [3.05, 3.63) is 84.9 Å². The van der Waals surface area contributed by atoms with Gasteiger partial charge in [0.05, 0.1) is 0 Å². The lowest BCUT2D eigenvalue weighted by Crippen LogP contribution is -2.13. The summed E-state index contributed by atoms with van der Waals surface area (Å²) < 4.78 is 12.2. The molecule has 0 aliphatic rings. The number of ether oxygens (including phenoxy) is 2. The monoisotopic (exact) mass is 560 g/mol. The number of carbonyl (C=O) groups is 2. The molecule has 0 atom stereocenters. The average molecular weight is 561 g/mol. The van der Waals surface area contributed by atoms with Gasteiger partial charge in [0, 0.05) is 18.4 Å². The molecule has 0 spiro atoms. The third-order valence-corrected chi connectivity index (χ3v) is 7.89. The van der Waals surface area contributed by atoms with E-state index >= 15 is 0 Å². The molecule has 0 aliphatic heterocycles. The average Bonchev–Trinajstić information content (AvgIpc) is 3.00. The highest BCUT2D eigenvalue weighted by Gasteiger charge is 2.23. The van der Waals surface area contributed by atoms with E-state index in [-0.39, 0.29) is 11.9 Å². The van der Waals surface area contributed by atoms with Crippen LogP contribution in [0.3, 0.4) is 0 Å². The molecule has 0 unspecified atom stereocenters. The van der Waals surface area contributed by atoms with E-state index in [0.29, 0.717) is 24.3 Å². The van der Waals surface area contributed by atoms with Crippen LogP contribution in [-0.2, 0) is 9.59 Å². The van der Waals surface area contributed by atoms with Gasteiger partial charge in [-0.2, -0.15) is 0 Å². The van der Waals surface area contributed by atoms with E-state index in [1.54, 1.807) is 0 Å². The predicted octanol–water partition coefficient (Wildman–Crippen LogP) is 10.6. The molecule has 0 aliphatic carbocycles. The van der Waals surface area contributed by atoms with Gasteiger partial charge in [-0.3, -0.25) is 9.59 Å². The second-order valence-corrected chi connectivity index (χ2v) is 11.1. The number of hydrogen-bond acceptors (Lipinski definition) is 4. The van der Waals surface area contributed by atoms with Crippen molar-refractivity contribution in [1.29, 1.82) is 0 Å². The van der Waals surface area contributed by atoms with Crippen molar-refractivity contribution in [3.63, 3.8) is 0 Å². The van der Waals surface area contributed by atoms with E-state index in [2.05, 4.69) is 50.2 Å². The molecule has 0 heterocycles. The minimum Gasteiger partial charge on any atom is -0.422 e. The summed E-state index contributed by atoms with van der Waals surface area (Å²) in [5, 5.41) is 6.29. The Balaban J connectivity index is 1.66. The van der Waals surface area contributed by atoms with Crippen LogP contribution in [0.5, 0.6) is 11.5 Å². The molecular formula is C38H40O4. The zero-order valence-corrected chi connectivity index (χ0v) is 24.8.